The van der Waals surface area contributed by atoms with Crippen LogP contribution in [0.15, 0.2) is 12.3 Å². The van der Waals surface area contributed by atoms with Gasteiger partial charge < -0.3 is 10.1 Å². The van der Waals surface area contributed by atoms with E-state index in [1.165, 1.54) is 26.4 Å². The molecule has 1 aliphatic carbocycles. The Morgan fingerprint density at radius 1 is 1.47 bits per heavy atom. The van der Waals surface area contributed by atoms with Gasteiger partial charge in [-0.3, -0.25) is 0 Å². The molecule has 1 heterocycles. The molecule has 0 radical (unpaired) electrons. The minimum atomic E-state index is -0.506. The lowest BCUT2D eigenvalue weighted by Gasteiger charge is -2.31. The third-order valence-corrected chi connectivity index (χ3v) is 4.53. The van der Waals surface area contributed by atoms with Crippen molar-refractivity contribution in [3.05, 3.63) is 18.1 Å². The molecule has 0 aliphatic heterocycles. The van der Waals surface area contributed by atoms with E-state index in [0.717, 1.165) is 6.42 Å². The predicted molar refractivity (Wildman–Crippen MR) is 76.6 cm³/mol. The molecule has 1 aromatic rings. The third kappa shape index (κ3) is 3.59. The number of hydrogen-bond acceptors (Lipinski definition) is 6. The van der Waals surface area contributed by atoms with Gasteiger partial charge in [-0.1, -0.05) is 12.8 Å². The van der Waals surface area contributed by atoms with E-state index in [2.05, 4.69) is 26.3 Å². The average molecular weight is 281 g/mol. The number of carbonyl (C=O) groups is 1. The van der Waals surface area contributed by atoms with Crippen molar-refractivity contribution in [2.75, 3.05) is 18.7 Å². The van der Waals surface area contributed by atoms with Gasteiger partial charge in [-0.05, 0) is 25.2 Å². The van der Waals surface area contributed by atoms with Crippen LogP contribution in [0.5, 0.6) is 0 Å². The zero-order valence-electron chi connectivity index (χ0n) is 11.3. The highest BCUT2D eigenvalue weighted by Gasteiger charge is 2.24. The molecular formula is C13H19N3O2S. The lowest BCUT2D eigenvalue weighted by molar-refractivity contribution is 0.0587. The summed E-state index contributed by atoms with van der Waals surface area (Å²) < 4.78 is 4.63. The fraction of sp³-hybridized carbons (Fsp3) is 0.615. The van der Waals surface area contributed by atoms with Crippen molar-refractivity contribution in [3.8, 4) is 0 Å². The number of methoxy groups -OCH3 is 1. The summed E-state index contributed by atoms with van der Waals surface area (Å²) in [5, 5.41) is 4.02. The van der Waals surface area contributed by atoms with Crippen molar-refractivity contribution in [1.82, 2.24) is 9.97 Å². The molecule has 6 heteroatoms. The van der Waals surface area contributed by atoms with E-state index in [-0.39, 0.29) is 5.82 Å². The molecule has 1 aromatic heterocycles. The SMILES string of the molecule is COC(=O)c1nccc(NC2CCCCC2SC)n1. The number of rotatable bonds is 4. The highest BCUT2D eigenvalue weighted by atomic mass is 32.2. The molecule has 0 aromatic carbocycles. The van der Waals surface area contributed by atoms with Crippen molar-refractivity contribution in [1.29, 1.82) is 0 Å². The van der Waals surface area contributed by atoms with Gasteiger partial charge in [-0.15, -0.1) is 0 Å². The van der Waals surface area contributed by atoms with E-state index in [0.29, 0.717) is 17.1 Å². The number of nitrogens with zero attached hydrogens (tertiary/aromatic N) is 2. The number of carbonyl (C=O) groups excluding carboxylic acids is 1. The summed E-state index contributed by atoms with van der Waals surface area (Å²) in [6.07, 6.45) is 8.63. The van der Waals surface area contributed by atoms with Gasteiger partial charge in [0.05, 0.1) is 7.11 Å². The van der Waals surface area contributed by atoms with E-state index in [9.17, 15) is 4.79 Å². The highest BCUT2D eigenvalue weighted by molar-refractivity contribution is 7.99. The molecule has 1 aliphatic rings. The molecule has 1 saturated carbocycles. The summed E-state index contributed by atoms with van der Waals surface area (Å²) >= 11 is 1.89. The van der Waals surface area contributed by atoms with Crippen LogP contribution in [0.25, 0.3) is 0 Å². The monoisotopic (exact) mass is 281 g/mol. The summed E-state index contributed by atoms with van der Waals surface area (Å²) in [6.45, 7) is 0. The molecule has 0 amide bonds. The van der Waals surface area contributed by atoms with Gasteiger partial charge in [0.15, 0.2) is 0 Å². The average Bonchev–Trinajstić information content (AvgIpc) is 2.47. The lowest BCUT2D eigenvalue weighted by atomic mass is 9.95. The van der Waals surface area contributed by atoms with Crippen LogP contribution < -0.4 is 5.32 Å². The fourth-order valence-corrected chi connectivity index (χ4v) is 3.30. The van der Waals surface area contributed by atoms with E-state index in [1.54, 1.807) is 12.3 Å². The molecule has 1 fully saturated rings. The zero-order valence-corrected chi connectivity index (χ0v) is 12.1. The van der Waals surface area contributed by atoms with Crippen molar-refractivity contribution in [2.45, 2.75) is 37.0 Å². The molecule has 19 heavy (non-hydrogen) atoms. The number of aromatic nitrogens is 2. The number of thioether (sulfide) groups is 1. The Labute approximate surface area is 117 Å². The molecule has 5 nitrogen and oxygen atoms in total. The van der Waals surface area contributed by atoms with E-state index in [4.69, 9.17) is 0 Å². The summed E-state index contributed by atoms with van der Waals surface area (Å²) in [6, 6.07) is 2.20. The van der Waals surface area contributed by atoms with Crippen LogP contribution in [-0.2, 0) is 4.74 Å². The number of nitrogens with one attached hydrogen (secondary N) is 1. The molecule has 104 valence electrons. The maximum absolute atomic E-state index is 11.4. The Hall–Kier alpha value is -1.30. The van der Waals surface area contributed by atoms with E-state index < -0.39 is 5.97 Å². The Morgan fingerprint density at radius 2 is 2.26 bits per heavy atom. The predicted octanol–water partition coefficient (Wildman–Crippen LogP) is 2.35. The van der Waals surface area contributed by atoms with Crippen LogP contribution >= 0.6 is 11.8 Å². The first kappa shape index (κ1) is 14.1. The smallest absolute Gasteiger partial charge is 0.376 e. The van der Waals surface area contributed by atoms with Gasteiger partial charge in [0.25, 0.3) is 0 Å². The fourth-order valence-electron chi connectivity index (χ4n) is 2.36. The highest BCUT2D eigenvalue weighted by Crippen LogP contribution is 2.29. The minimum Gasteiger partial charge on any atom is -0.463 e. The second-order valence-corrected chi connectivity index (χ2v) is 5.64. The Morgan fingerprint density at radius 3 is 3.00 bits per heavy atom. The number of anilines is 1. The van der Waals surface area contributed by atoms with Crippen molar-refractivity contribution >= 4 is 23.5 Å². The summed E-state index contributed by atoms with van der Waals surface area (Å²) in [5.74, 6) is 0.291. The number of ether oxygens (including phenoxy) is 1. The van der Waals surface area contributed by atoms with Crippen molar-refractivity contribution < 1.29 is 9.53 Å². The summed E-state index contributed by atoms with van der Waals surface area (Å²) in [4.78, 5) is 19.5. The molecule has 1 N–H and O–H groups in total. The van der Waals surface area contributed by atoms with Crippen LogP contribution in [0.4, 0.5) is 5.82 Å². The van der Waals surface area contributed by atoms with Crippen LogP contribution in [0.1, 0.15) is 36.3 Å². The van der Waals surface area contributed by atoms with Gasteiger partial charge in [0.2, 0.25) is 5.82 Å². The largest absolute Gasteiger partial charge is 0.463 e. The standard InChI is InChI=1S/C13H19N3O2S/c1-18-13(17)12-14-8-7-11(16-12)15-9-5-3-4-6-10(9)19-2/h7-10H,3-6H2,1-2H3,(H,14,15,16). The molecular weight excluding hydrogens is 262 g/mol. The van der Waals surface area contributed by atoms with Crippen LogP contribution in [0.3, 0.4) is 0 Å². The van der Waals surface area contributed by atoms with E-state index >= 15 is 0 Å². The maximum Gasteiger partial charge on any atom is 0.376 e. The number of esters is 1. The first-order valence-electron chi connectivity index (χ1n) is 6.45. The van der Waals surface area contributed by atoms with Gasteiger partial charge in [-0.2, -0.15) is 11.8 Å². The molecule has 2 atom stereocenters. The molecule has 2 unspecified atom stereocenters. The Kier molecular flexibility index (Phi) is 5.01. The normalized spacial score (nSPS) is 22.8. The third-order valence-electron chi connectivity index (χ3n) is 3.36. The second-order valence-electron chi connectivity index (χ2n) is 4.57. The summed E-state index contributed by atoms with van der Waals surface area (Å²) in [5.41, 5.74) is 0. The maximum atomic E-state index is 11.4. The van der Waals surface area contributed by atoms with Gasteiger partial charge in [-0.25, -0.2) is 14.8 Å². The molecule has 0 bridgehead atoms. The molecule has 0 spiro atoms. The van der Waals surface area contributed by atoms with Gasteiger partial charge in [0.1, 0.15) is 5.82 Å². The lowest BCUT2D eigenvalue weighted by Crippen LogP contribution is -2.34. The number of hydrogen-bond donors (Lipinski definition) is 1. The Bertz CT molecular complexity index is 442. The van der Waals surface area contributed by atoms with E-state index in [1.807, 2.05) is 11.8 Å². The topological polar surface area (TPSA) is 64.1 Å². The molecule has 2 rings (SSSR count). The minimum absolute atomic E-state index is 0.101. The Balaban J connectivity index is 2.07. The van der Waals surface area contributed by atoms with Gasteiger partial charge >= 0.3 is 5.97 Å². The van der Waals surface area contributed by atoms with Crippen LogP contribution in [-0.4, -0.2) is 40.6 Å². The van der Waals surface area contributed by atoms with Gasteiger partial charge in [0, 0.05) is 17.5 Å². The first-order valence-corrected chi connectivity index (χ1v) is 7.74. The van der Waals surface area contributed by atoms with Crippen molar-refractivity contribution in [3.63, 3.8) is 0 Å². The van der Waals surface area contributed by atoms with Crippen LogP contribution in [0.2, 0.25) is 0 Å². The quantitative estimate of drug-likeness (QED) is 0.855. The van der Waals surface area contributed by atoms with Crippen LogP contribution in [0, 0.1) is 0 Å². The zero-order chi connectivity index (χ0) is 13.7. The first-order chi connectivity index (χ1) is 9.24. The second kappa shape index (κ2) is 6.75. The molecule has 0 saturated heterocycles. The van der Waals surface area contributed by atoms with Crippen molar-refractivity contribution in [2.24, 2.45) is 0 Å². The summed E-state index contributed by atoms with van der Waals surface area (Å²) in [7, 11) is 1.33.